The fourth-order valence-electron chi connectivity index (χ4n) is 2.95. The second-order valence-electron chi connectivity index (χ2n) is 6.07. The summed E-state index contributed by atoms with van der Waals surface area (Å²) in [6.45, 7) is 2.55. The van der Waals surface area contributed by atoms with Crippen molar-refractivity contribution in [3.05, 3.63) is 69.9 Å². The highest BCUT2D eigenvalue weighted by Crippen LogP contribution is 2.18. The number of nitrogens with zero attached hydrogens (tertiary/aromatic N) is 2. The highest BCUT2D eigenvalue weighted by atomic mass is 19.1. The van der Waals surface area contributed by atoms with Crippen molar-refractivity contribution in [1.82, 2.24) is 14.8 Å². The molecule has 1 fully saturated rings. The first-order valence-electron chi connectivity index (χ1n) is 8.17. The van der Waals surface area contributed by atoms with Gasteiger partial charge in [0, 0.05) is 50.6 Å². The molecular formula is C18H20FN3O3. The number of aliphatic hydroxyl groups is 1. The van der Waals surface area contributed by atoms with Crippen LogP contribution in [0.15, 0.2) is 47.4 Å². The van der Waals surface area contributed by atoms with Crippen molar-refractivity contribution in [3.8, 4) is 0 Å². The summed E-state index contributed by atoms with van der Waals surface area (Å²) in [4.78, 5) is 29.7. The van der Waals surface area contributed by atoms with E-state index in [0.717, 1.165) is 0 Å². The topological polar surface area (TPSA) is 76.6 Å². The van der Waals surface area contributed by atoms with Crippen LogP contribution in [-0.4, -0.2) is 58.5 Å². The Balaban J connectivity index is 1.55. The average Bonchev–Trinajstić information content (AvgIpc) is 2.63. The van der Waals surface area contributed by atoms with Gasteiger partial charge >= 0.3 is 0 Å². The van der Waals surface area contributed by atoms with Crippen molar-refractivity contribution in [2.24, 2.45) is 0 Å². The van der Waals surface area contributed by atoms with Crippen LogP contribution in [0.5, 0.6) is 0 Å². The highest BCUT2D eigenvalue weighted by Gasteiger charge is 2.24. The standard InChI is InChI=1S/C18H20FN3O3/c19-15-4-2-1-3-14(15)16(23)12-21-7-9-22(10-8-21)18(25)13-5-6-17(24)20-11-13/h1-6,11,16,23H,7-10,12H2,(H,20,24). The van der Waals surface area contributed by atoms with Crippen molar-refractivity contribution in [3.63, 3.8) is 0 Å². The van der Waals surface area contributed by atoms with Crippen LogP contribution in [0.2, 0.25) is 0 Å². The number of β-amino-alcohol motifs (C(OH)–C–C–N with tert-alkyl or cyclic N) is 1. The van der Waals surface area contributed by atoms with E-state index in [9.17, 15) is 19.1 Å². The lowest BCUT2D eigenvalue weighted by Crippen LogP contribution is -2.49. The Labute approximate surface area is 144 Å². The molecular weight excluding hydrogens is 325 g/mol. The van der Waals surface area contributed by atoms with E-state index in [1.807, 2.05) is 4.90 Å². The molecule has 0 saturated carbocycles. The van der Waals surface area contributed by atoms with Crippen LogP contribution < -0.4 is 5.56 Å². The number of carbonyl (C=O) groups is 1. The molecule has 0 spiro atoms. The summed E-state index contributed by atoms with van der Waals surface area (Å²) in [6.07, 6.45) is 0.515. The number of hydrogen-bond acceptors (Lipinski definition) is 4. The van der Waals surface area contributed by atoms with Gasteiger partial charge in [0.15, 0.2) is 0 Å². The molecule has 1 amide bonds. The summed E-state index contributed by atoms with van der Waals surface area (Å²) in [5.74, 6) is -0.549. The molecule has 2 aromatic rings. The number of carbonyl (C=O) groups excluding carboxylic acids is 1. The van der Waals surface area contributed by atoms with E-state index in [4.69, 9.17) is 0 Å². The van der Waals surface area contributed by atoms with Crippen LogP contribution in [0.1, 0.15) is 22.0 Å². The predicted octanol–water partition coefficient (Wildman–Crippen LogP) is 1.01. The molecule has 2 heterocycles. The van der Waals surface area contributed by atoms with Crippen molar-refractivity contribution in [2.75, 3.05) is 32.7 Å². The third-order valence-electron chi connectivity index (χ3n) is 4.39. The Morgan fingerprint density at radius 3 is 2.52 bits per heavy atom. The highest BCUT2D eigenvalue weighted by molar-refractivity contribution is 5.93. The van der Waals surface area contributed by atoms with Gasteiger partial charge in [0.25, 0.3) is 5.91 Å². The van der Waals surface area contributed by atoms with Crippen molar-refractivity contribution < 1.29 is 14.3 Å². The summed E-state index contributed by atoms with van der Waals surface area (Å²) in [5, 5.41) is 10.2. The molecule has 0 aliphatic carbocycles. The molecule has 1 saturated heterocycles. The number of benzene rings is 1. The molecule has 0 bridgehead atoms. The quantitative estimate of drug-likeness (QED) is 0.867. The summed E-state index contributed by atoms with van der Waals surface area (Å²) in [6, 6.07) is 9.04. The normalized spacial score (nSPS) is 16.6. The van der Waals surface area contributed by atoms with Crippen LogP contribution in [0.3, 0.4) is 0 Å². The lowest BCUT2D eigenvalue weighted by molar-refractivity contribution is 0.0522. The van der Waals surface area contributed by atoms with Crippen LogP contribution in [-0.2, 0) is 0 Å². The van der Waals surface area contributed by atoms with Gasteiger partial charge in [0.1, 0.15) is 5.82 Å². The van der Waals surface area contributed by atoms with Crippen LogP contribution in [0, 0.1) is 5.82 Å². The van der Waals surface area contributed by atoms with Gasteiger partial charge < -0.3 is 15.0 Å². The maximum Gasteiger partial charge on any atom is 0.255 e. The number of pyridine rings is 1. The first-order chi connectivity index (χ1) is 12.0. The molecule has 1 aliphatic rings. The summed E-state index contributed by atoms with van der Waals surface area (Å²) >= 11 is 0. The number of aromatic nitrogens is 1. The van der Waals surface area contributed by atoms with E-state index in [1.54, 1.807) is 23.1 Å². The zero-order chi connectivity index (χ0) is 17.8. The molecule has 1 aromatic heterocycles. The predicted molar refractivity (Wildman–Crippen MR) is 90.8 cm³/mol. The molecule has 6 nitrogen and oxygen atoms in total. The summed E-state index contributed by atoms with van der Waals surface area (Å²) < 4.78 is 13.7. The van der Waals surface area contributed by atoms with Gasteiger partial charge in [0.05, 0.1) is 11.7 Å². The summed E-state index contributed by atoms with van der Waals surface area (Å²) in [5.41, 5.74) is 0.484. The number of hydrogen-bond donors (Lipinski definition) is 2. The third kappa shape index (κ3) is 4.12. The van der Waals surface area contributed by atoms with E-state index < -0.39 is 11.9 Å². The van der Waals surface area contributed by atoms with E-state index in [0.29, 0.717) is 38.3 Å². The number of amides is 1. The molecule has 1 aliphatic heterocycles. The fourth-order valence-corrected chi connectivity index (χ4v) is 2.95. The molecule has 3 rings (SSSR count). The Morgan fingerprint density at radius 1 is 1.16 bits per heavy atom. The molecule has 25 heavy (non-hydrogen) atoms. The molecule has 1 aromatic carbocycles. The van der Waals surface area contributed by atoms with Gasteiger partial charge in [-0.15, -0.1) is 0 Å². The van der Waals surface area contributed by atoms with Gasteiger partial charge in [-0.1, -0.05) is 18.2 Å². The third-order valence-corrected chi connectivity index (χ3v) is 4.39. The lowest BCUT2D eigenvalue weighted by Gasteiger charge is -2.35. The number of piperazine rings is 1. The second kappa shape index (κ2) is 7.58. The molecule has 132 valence electrons. The van der Waals surface area contributed by atoms with Crippen LogP contribution >= 0.6 is 0 Å². The lowest BCUT2D eigenvalue weighted by atomic mass is 10.1. The molecule has 1 unspecified atom stereocenters. The Kier molecular flexibility index (Phi) is 5.25. The number of nitrogens with one attached hydrogen (secondary N) is 1. The average molecular weight is 345 g/mol. The number of rotatable bonds is 4. The fraction of sp³-hybridized carbons (Fsp3) is 0.333. The minimum absolute atomic E-state index is 0.134. The molecule has 1 atom stereocenters. The van der Waals surface area contributed by atoms with Gasteiger partial charge in [-0.2, -0.15) is 0 Å². The van der Waals surface area contributed by atoms with Gasteiger partial charge in [0.2, 0.25) is 5.56 Å². The summed E-state index contributed by atoms with van der Waals surface area (Å²) in [7, 11) is 0. The van der Waals surface area contributed by atoms with E-state index in [1.165, 1.54) is 24.4 Å². The van der Waals surface area contributed by atoms with Crippen molar-refractivity contribution in [2.45, 2.75) is 6.10 Å². The SMILES string of the molecule is O=C(c1ccc(=O)[nH]c1)N1CCN(CC(O)c2ccccc2F)CC1. The maximum atomic E-state index is 13.7. The second-order valence-corrected chi connectivity index (χ2v) is 6.07. The van der Waals surface area contributed by atoms with Gasteiger partial charge in [-0.25, -0.2) is 4.39 Å². The Hall–Kier alpha value is -2.51. The monoisotopic (exact) mass is 345 g/mol. The van der Waals surface area contributed by atoms with E-state index >= 15 is 0 Å². The van der Waals surface area contributed by atoms with Gasteiger partial charge in [-0.3, -0.25) is 14.5 Å². The van der Waals surface area contributed by atoms with E-state index in [-0.39, 0.29) is 17.0 Å². The number of aromatic amines is 1. The number of H-pyrrole nitrogens is 1. The minimum Gasteiger partial charge on any atom is -0.387 e. The minimum atomic E-state index is -0.900. The molecule has 2 N–H and O–H groups in total. The number of halogens is 1. The maximum absolute atomic E-state index is 13.7. The first kappa shape index (κ1) is 17.3. The largest absolute Gasteiger partial charge is 0.387 e. The van der Waals surface area contributed by atoms with E-state index in [2.05, 4.69) is 4.98 Å². The van der Waals surface area contributed by atoms with Crippen LogP contribution in [0.25, 0.3) is 0 Å². The Morgan fingerprint density at radius 2 is 1.88 bits per heavy atom. The van der Waals surface area contributed by atoms with Crippen molar-refractivity contribution in [1.29, 1.82) is 0 Å². The van der Waals surface area contributed by atoms with Crippen LogP contribution in [0.4, 0.5) is 4.39 Å². The zero-order valence-corrected chi connectivity index (χ0v) is 13.7. The zero-order valence-electron chi connectivity index (χ0n) is 13.7. The van der Waals surface area contributed by atoms with Gasteiger partial charge in [-0.05, 0) is 12.1 Å². The molecule has 0 radical (unpaired) electrons. The number of aliphatic hydroxyl groups excluding tert-OH is 1. The first-order valence-corrected chi connectivity index (χ1v) is 8.17. The van der Waals surface area contributed by atoms with Crippen molar-refractivity contribution >= 4 is 5.91 Å². The molecule has 7 heteroatoms. The smallest absolute Gasteiger partial charge is 0.255 e. The Bertz CT molecular complexity index is 780.